The lowest BCUT2D eigenvalue weighted by Crippen LogP contribution is -2.03. The van der Waals surface area contributed by atoms with Gasteiger partial charge in [0.05, 0.1) is 20.4 Å². The summed E-state index contributed by atoms with van der Waals surface area (Å²) in [6.45, 7) is 1.32. The van der Waals surface area contributed by atoms with Crippen LogP contribution in [0.5, 0.6) is 11.5 Å². The molecule has 1 rings (SSSR count). The number of halogens is 2. The molecule has 1 aromatic rings. The Morgan fingerprint density at radius 2 is 0.967 bits per heavy atom. The molecule has 0 saturated carbocycles. The Hall–Kier alpha value is -0.780. The molecule has 0 spiro atoms. The summed E-state index contributed by atoms with van der Waals surface area (Å²) in [7, 11) is 0. The Kier molecular flexibility index (Phi) is 15.3. The standard InChI is InChI=1S/C22H32I2O6/c23-17-16-20(30-14-10-6-2-4-8-12-22(27)28)18(24)15-19(17)29-13-9-5-1-3-7-11-21(25)26/h15-16H,1-14H2,(H,25,26)(H,27,28). The van der Waals surface area contributed by atoms with Crippen LogP contribution in [0, 0.1) is 7.14 Å². The predicted molar refractivity (Wildman–Crippen MR) is 134 cm³/mol. The second kappa shape index (κ2) is 16.9. The molecule has 0 amide bonds. The molecule has 0 saturated heterocycles. The van der Waals surface area contributed by atoms with Gasteiger partial charge in [-0.15, -0.1) is 0 Å². The van der Waals surface area contributed by atoms with E-state index in [0.29, 0.717) is 13.2 Å². The van der Waals surface area contributed by atoms with E-state index in [0.717, 1.165) is 82.8 Å². The highest BCUT2D eigenvalue weighted by molar-refractivity contribution is 14.1. The number of carboxylic acids is 2. The Balaban J connectivity index is 2.20. The van der Waals surface area contributed by atoms with Crippen LogP contribution in [0.15, 0.2) is 12.1 Å². The van der Waals surface area contributed by atoms with E-state index in [1.54, 1.807) is 0 Å². The van der Waals surface area contributed by atoms with Gasteiger partial charge in [-0.05, 0) is 83.0 Å². The zero-order valence-electron chi connectivity index (χ0n) is 17.3. The minimum Gasteiger partial charge on any atom is -0.492 e. The second-order valence-corrected chi connectivity index (χ2v) is 9.56. The van der Waals surface area contributed by atoms with Crippen LogP contribution < -0.4 is 9.47 Å². The van der Waals surface area contributed by atoms with E-state index in [-0.39, 0.29) is 12.8 Å². The number of carbonyl (C=O) groups is 2. The van der Waals surface area contributed by atoms with Gasteiger partial charge in [-0.3, -0.25) is 9.59 Å². The molecule has 6 nitrogen and oxygen atoms in total. The van der Waals surface area contributed by atoms with Crippen molar-refractivity contribution >= 4 is 57.1 Å². The number of carboxylic acid groups (broad SMARTS) is 2. The van der Waals surface area contributed by atoms with Crippen LogP contribution in [0.4, 0.5) is 0 Å². The topological polar surface area (TPSA) is 93.1 Å². The van der Waals surface area contributed by atoms with Crippen molar-refractivity contribution in [3.63, 3.8) is 0 Å². The summed E-state index contributed by atoms with van der Waals surface area (Å²) in [5, 5.41) is 17.2. The lowest BCUT2D eigenvalue weighted by atomic mass is 10.1. The van der Waals surface area contributed by atoms with Gasteiger partial charge in [0, 0.05) is 12.8 Å². The maximum atomic E-state index is 10.5. The third-order valence-electron chi connectivity index (χ3n) is 4.57. The first-order chi connectivity index (χ1) is 14.4. The van der Waals surface area contributed by atoms with E-state index >= 15 is 0 Å². The SMILES string of the molecule is O=C(O)CCCCCCCOc1cc(I)c(OCCCCCCCC(=O)O)cc1I. The lowest BCUT2D eigenvalue weighted by molar-refractivity contribution is -0.138. The van der Waals surface area contributed by atoms with Gasteiger partial charge in [-0.25, -0.2) is 0 Å². The number of hydrogen-bond donors (Lipinski definition) is 2. The third kappa shape index (κ3) is 13.5. The highest BCUT2D eigenvalue weighted by Crippen LogP contribution is 2.31. The van der Waals surface area contributed by atoms with Gasteiger partial charge in [0.15, 0.2) is 0 Å². The van der Waals surface area contributed by atoms with Gasteiger partial charge in [0.2, 0.25) is 0 Å². The van der Waals surface area contributed by atoms with Crippen LogP contribution in [0.1, 0.15) is 77.0 Å². The summed E-state index contributed by atoms with van der Waals surface area (Å²) in [6, 6.07) is 4.02. The van der Waals surface area contributed by atoms with E-state index in [4.69, 9.17) is 19.7 Å². The van der Waals surface area contributed by atoms with Crippen LogP contribution in [0.3, 0.4) is 0 Å². The molecule has 0 aliphatic rings. The molecule has 1 aromatic carbocycles. The molecule has 170 valence electrons. The highest BCUT2D eigenvalue weighted by atomic mass is 127. The van der Waals surface area contributed by atoms with Crippen molar-refractivity contribution in [1.82, 2.24) is 0 Å². The minimum atomic E-state index is -0.720. The van der Waals surface area contributed by atoms with Gasteiger partial charge in [-0.1, -0.05) is 38.5 Å². The lowest BCUT2D eigenvalue weighted by Gasteiger charge is -2.13. The third-order valence-corrected chi connectivity index (χ3v) is 6.26. The zero-order chi connectivity index (χ0) is 22.2. The summed E-state index contributed by atoms with van der Waals surface area (Å²) < 4.78 is 13.9. The number of ether oxygens (including phenoxy) is 2. The van der Waals surface area contributed by atoms with Crippen LogP contribution in [0.2, 0.25) is 0 Å². The molecule has 0 bridgehead atoms. The number of hydrogen-bond acceptors (Lipinski definition) is 4. The molecular weight excluding hydrogens is 614 g/mol. The molecule has 2 N–H and O–H groups in total. The van der Waals surface area contributed by atoms with E-state index < -0.39 is 11.9 Å². The van der Waals surface area contributed by atoms with E-state index in [1.165, 1.54) is 0 Å². The van der Waals surface area contributed by atoms with Gasteiger partial charge in [-0.2, -0.15) is 0 Å². The molecule has 0 fully saturated rings. The van der Waals surface area contributed by atoms with Crippen molar-refractivity contribution in [1.29, 1.82) is 0 Å². The summed E-state index contributed by atoms with van der Waals surface area (Å²) >= 11 is 4.53. The Morgan fingerprint density at radius 1 is 0.633 bits per heavy atom. The van der Waals surface area contributed by atoms with E-state index in [1.807, 2.05) is 12.1 Å². The smallest absolute Gasteiger partial charge is 0.303 e. The van der Waals surface area contributed by atoms with Crippen LogP contribution in [-0.2, 0) is 9.59 Å². The van der Waals surface area contributed by atoms with Gasteiger partial charge in [0.25, 0.3) is 0 Å². The average molecular weight is 646 g/mol. The Morgan fingerprint density at radius 3 is 1.33 bits per heavy atom. The summed E-state index contributed by atoms with van der Waals surface area (Å²) in [6.07, 6.45) is 10.0. The molecule has 8 heteroatoms. The Bertz CT molecular complexity index is 595. The van der Waals surface area contributed by atoms with Gasteiger partial charge >= 0.3 is 11.9 Å². The fourth-order valence-electron chi connectivity index (χ4n) is 2.91. The molecular formula is C22H32I2O6. The molecule has 0 atom stereocenters. The van der Waals surface area contributed by atoms with Crippen molar-refractivity contribution < 1.29 is 29.3 Å². The van der Waals surface area contributed by atoms with Crippen LogP contribution in [-0.4, -0.2) is 35.4 Å². The van der Waals surface area contributed by atoms with Crippen LogP contribution in [0.25, 0.3) is 0 Å². The first-order valence-electron chi connectivity index (χ1n) is 10.6. The van der Waals surface area contributed by atoms with E-state index in [2.05, 4.69) is 45.2 Å². The second-order valence-electron chi connectivity index (χ2n) is 7.23. The van der Waals surface area contributed by atoms with Crippen molar-refractivity contribution in [2.24, 2.45) is 0 Å². The first-order valence-corrected chi connectivity index (χ1v) is 12.7. The van der Waals surface area contributed by atoms with Gasteiger partial charge < -0.3 is 19.7 Å². The monoisotopic (exact) mass is 646 g/mol. The van der Waals surface area contributed by atoms with Crippen molar-refractivity contribution in [3.8, 4) is 11.5 Å². The average Bonchev–Trinajstić information content (AvgIpc) is 2.68. The predicted octanol–water partition coefficient (Wildman–Crippen LogP) is 6.50. The highest BCUT2D eigenvalue weighted by Gasteiger charge is 2.09. The molecule has 0 unspecified atom stereocenters. The van der Waals surface area contributed by atoms with Crippen molar-refractivity contribution in [2.75, 3.05) is 13.2 Å². The number of rotatable bonds is 18. The maximum absolute atomic E-state index is 10.5. The summed E-state index contributed by atoms with van der Waals surface area (Å²) in [5.41, 5.74) is 0. The Labute approximate surface area is 206 Å². The maximum Gasteiger partial charge on any atom is 0.303 e. The first kappa shape index (κ1) is 27.3. The number of unbranched alkanes of at least 4 members (excludes halogenated alkanes) is 8. The molecule has 30 heavy (non-hydrogen) atoms. The minimum absolute atomic E-state index is 0.258. The van der Waals surface area contributed by atoms with Crippen molar-refractivity contribution in [2.45, 2.75) is 77.0 Å². The summed E-state index contributed by atoms with van der Waals surface area (Å²) in [4.78, 5) is 20.9. The van der Waals surface area contributed by atoms with E-state index in [9.17, 15) is 9.59 Å². The zero-order valence-corrected chi connectivity index (χ0v) is 21.7. The van der Waals surface area contributed by atoms with Crippen LogP contribution >= 0.6 is 45.2 Å². The molecule has 0 heterocycles. The normalized spacial score (nSPS) is 10.7. The van der Waals surface area contributed by atoms with Gasteiger partial charge in [0.1, 0.15) is 11.5 Å². The molecule has 0 aromatic heterocycles. The quantitative estimate of drug-likeness (QED) is 0.140. The fourth-order valence-corrected chi connectivity index (χ4v) is 4.10. The summed E-state index contributed by atoms with van der Waals surface area (Å²) in [5.74, 6) is 0.305. The number of benzene rings is 1. The largest absolute Gasteiger partial charge is 0.492 e. The molecule has 0 aliphatic carbocycles. The van der Waals surface area contributed by atoms with Crippen molar-refractivity contribution in [3.05, 3.63) is 19.3 Å². The molecule has 0 radical (unpaired) electrons. The fraction of sp³-hybridized carbons (Fsp3) is 0.636. The molecule has 0 aliphatic heterocycles. The number of aliphatic carboxylic acids is 2.